The lowest BCUT2D eigenvalue weighted by Crippen LogP contribution is -2.29. The summed E-state index contributed by atoms with van der Waals surface area (Å²) in [5, 5.41) is 0. The van der Waals surface area contributed by atoms with Crippen LogP contribution >= 0.6 is 0 Å². The van der Waals surface area contributed by atoms with E-state index in [0.717, 1.165) is 30.8 Å². The first-order valence-corrected chi connectivity index (χ1v) is 6.00. The molecule has 1 aromatic heterocycles. The molecule has 1 amide bonds. The molecular weight excluding hydrogens is 214 g/mol. The number of hydrogen-bond donors (Lipinski definition) is 0. The zero-order valence-electron chi connectivity index (χ0n) is 10.7. The zero-order valence-corrected chi connectivity index (χ0v) is 10.7. The number of nitrogens with zero attached hydrogens (tertiary/aromatic N) is 3. The predicted molar refractivity (Wildman–Crippen MR) is 67.9 cm³/mol. The third-order valence-corrected chi connectivity index (χ3v) is 3.26. The van der Waals surface area contributed by atoms with E-state index >= 15 is 0 Å². The van der Waals surface area contributed by atoms with Crippen LogP contribution in [0.2, 0.25) is 0 Å². The summed E-state index contributed by atoms with van der Waals surface area (Å²) >= 11 is 0. The molecule has 4 nitrogen and oxygen atoms in total. The fourth-order valence-electron chi connectivity index (χ4n) is 2.51. The summed E-state index contributed by atoms with van der Waals surface area (Å²) in [4.78, 5) is 20.0. The molecule has 1 aliphatic rings. The molecule has 1 fully saturated rings. The first-order chi connectivity index (χ1) is 8.11. The number of carbonyl (C=O) groups excluding carboxylic acids is 1. The van der Waals surface area contributed by atoms with Gasteiger partial charge in [-0.1, -0.05) is 6.07 Å². The van der Waals surface area contributed by atoms with E-state index in [9.17, 15) is 4.79 Å². The monoisotopic (exact) mass is 233 g/mol. The van der Waals surface area contributed by atoms with Crippen LogP contribution in [0.5, 0.6) is 0 Å². The zero-order chi connectivity index (χ0) is 12.4. The van der Waals surface area contributed by atoms with E-state index in [0.29, 0.717) is 0 Å². The van der Waals surface area contributed by atoms with Gasteiger partial charge in [-0.25, -0.2) is 4.98 Å². The van der Waals surface area contributed by atoms with E-state index in [4.69, 9.17) is 0 Å². The van der Waals surface area contributed by atoms with Crippen LogP contribution in [0.3, 0.4) is 0 Å². The highest BCUT2D eigenvalue weighted by Crippen LogP contribution is 2.35. The maximum absolute atomic E-state index is 11.6. The molecule has 0 aromatic carbocycles. The number of hydrogen-bond acceptors (Lipinski definition) is 3. The van der Waals surface area contributed by atoms with Crippen molar-refractivity contribution >= 4 is 11.7 Å². The van der Waals surface area contributed by atoms with Crippen LogP contribution in [0.4, 0.5) is 5.82 Å². The van der Waals surface area contributed by atoms with Gasteiger partial charge in [0.15, 0.2) is 0 Å². The molecule has 1 atom stereocenters. The summed E-state index contributed by atoms with van der Waals surface area (Å²) in [5.74, 6) is 1.12. The molecule has 0 N–H and O–H groups in total. The summed E-state index contributed by atoms with van der Waals surface area (Å²) in [6.45, 7) is 2.51. The highest BCUT2D eigenvalue weighted by atomic mass is 16.2. The van der Waals surface area contributed by atoms with Crippen molar-refractivity contribution in [2.75, 3.05) is 25.5 Å². The molecule has 17 heavy (non-hydrogen) atoms. The second-order valence-corrected chi connectivity index (χ2v) is 4.68. The van der Waals surface area contributed by atoms with Crippen LogP contribution in [0, 0.1) is 0 Å². The van der Waals surface area contributed by atoms with Gasteiger partial charge >= 0.3 is 0 Å². The van der Waals surface area contributed by atoms with Gasteiger partial charge in [0, 0.05) is 39.3 Å². The number of rotatable bonds is 2. The van der Waals surface area contributed by atoms with E-state index < -0.39 is 0 Å². The van der Waals surface area contributed by atoms with Crippen molar-refractivity contribution in [1.29, 1.82) is 0 Å². The molecule has 2 rings (SSSR count). The van der Waals surface area contributed by atoms with E-state index in [1.54, 1.807) is 13.1 Å². The van der Waals surface area contributed by atoms with Crippen molar-refractivity contribution in [3.05, 3.63) is 23.9 Å². The number of carbonyl (C=O) groups is 1. The Bertz CT molecular complexity index is 417. The summed E-state index contributed by atoms with van der Waals surface area (Å²) in [5.41, 5.74) is 1.16. The number of amides is 1. The average molecular weight is 233 g/mol. The SMILES string of the molecule is CC(=O)N1CCC[C@H]1c1cccnc1N(C)C. The molecular formula is C13H19N3O. The molecule has 0 bridgehead atoms. The van der Waals surface area contributed by atoms with Crippen molar-refractivity contribution < 1.29 is 4.79 Å². The highest BCUT2D eigenvalue weighted by molar-refractivity contribution is 5.74. The van der Waals surface area contributed by atoms with Crippen molar-refractivity contribution in [2.24, 2.45) is 0 Å². The van der Waals surface area contributed by atoms with Gasteiger partial charge in [-0.05, 0) is 18.9 Å². The molecule has 4 heteroatoms. The quantitative estimate of drug-likeness (QED) is 0.782. The Morgan fingerprint density at radius 1 is 1.53 bits per heavy atom. The minimum atomic E-state index is 0.154. The Morgan fingerprint density at radius 2 is 2.29 bits per heavy atom. The number of pyridine rings is 1. The fraction of sp³-hybridized carbons (Fsp3) is 0.538. The third kappa shape index (κ3) is 2.25. The predicted octanol–water partition coefficient (Wildman–Crippen LogP) is 1.83. The van der Waals surface area contributed by atoms with E-state index in [1.807, 2.05) is 30.0 Å². The Kier molecular flexibility index (Phi) is 3.31. The van der Waals surface area contributed by atoms with E-state index in [1.165, 1.54) is 0 Å². The molecule has 0 aliphatic carbocycles. The molecule has 1 saturated heterocycles. The van der Waals surface area contributed by atoms with Crippen molar-refractivity contribution in [3.8, 4) is 0 Å². The first-order valence-electron chi connectivity index (χ1n) is 6.00. The second kappa shape index (κ2) is 4.73. The summed E-state index contributed by atoms with van der Waals surface area (Å²) in [6, 6.07) is 4.21. The maximum atomic E-state index is 11.6. The molecule has 0 spiro atoms. The summed E-state index contributed by atoms with van der Waals surface area (Å²) < 4.78 is 0. The summed E-state index contributed by atoms with van der Waals surface area (Å²) in [7, 11) is 3.97. The van der Waals surface area contributed by atoms with Crippen molar-refractivity contribution in [3.63, 3.8) is 0 Å². The normalized spacial score (nSPS) is 19.5. The van der Waals surface area contributed by atoms with E-state index in [-0.39, 0.29) is 11.9 Å². The molecule has 0 radical (unpaired) electrons. The molecule has 2 heterocycles. The van der Waals surface area contributed by atoms with Crippen LogP contribution in [0.25, 0.3) is 0 Å². The first kappa shape index (κ1) is 11.9. The van der Waals surface area contributed by atoms with Crippen LogP contribution in [0.1, 0.15) is 31.4 Å². The number of aromatic nitrogens is 1. The molecule has 1 aromatic rings. The van der Waals surface area contributed by atoms with Gasteiger partial charge < -0.3 is 9.80 Å². The molecule has 92 valence electrons. The van der Waals surface area contributed by atoms with Crippen molar-refractivity contribution in [1.82, 2.24) is 9.88 Å². The van der Waals surface area contributed by atoms with E-state index in [2.05, 4.69) is 11.1 Å². The minimum Gasteiger partial charge on any atom is -0.362 e. The Hall–Kier alpha value is -1.58. The Labute approximate surface area is 102 Å². The molecule has 1 aliphatic heterocycles. The number of anilines is 1. The Morgan fingerprint density at radius 3 is 2.94 bits per heavy atom. The van der Waals surface area contributed by atoms with Crippen LogP contribution in [-0.2, 0) is 4.79 Å². The van der Waals surface area contributed by atoms with Gasteiger partial charge in [-0.15, -0.1) is 0 Å². The lowest BCUT2D eigenvalue weighted by atomic mass is 10.1. The largest absolute Gasteiger partial charge is 0.362 e. The minimum absolute atomic E-state index is 0.154. The molecule has 0 saturated carbocycles. The smallest absolute Gasteiger partial charge is 0.219 e. The highest BCUT2D eigenvalue weighted by Gasteiger charge is 2.30. The molecule has 0 unspecified atom stereocenters. The topological polar surface area (TPSA) is 36.4 Å². The summed E-state index contributed by atoms with van der Waals surface area (Å²) in [6.07, 6.45) is 3.91. The average Bonchev–Trinajstić information content (AvgIpc) is 2.77. The lowest BCUT2D eigenvalue weighted by molar-refractivity contribution is -0.129. The lowest BCUT2D eigenvalue weighted by Gasteiger charge is -2.26. The maximum Gasteiger partial charge on any atom is 0.219 e. The standard InChI is InChI=1S/C13H19N3O/c1-10(17)16-9-5-7-12(16)11-6-4-8-14-13(11)15(2)3/h4,6,8,12H,5,7,9H2,1-3H3/t12-/m0/s1. The van der Waals surface area contributed by atoms with Gasteiger partial charge in [0.2, 0.25) is 5.91 Å². The van der Waals surface area contributed by atoms with Crippen molar-refractivity contribution in [2.45, 2.75) is 25.8 Å². The third-order valence-electron chi connectivity index (χ3n) is 3.26. The fourth-order valence-corrected chi connectivity index (χ4v) is 2.51. The van der Waals surface area contributed by atoms with Crippen LogP contribution in [-0.4, -0.2) is 36.4 Å². The Balaban J connectivity index is 2.36. The van der Waals surface area contributed by atoms with Gasteiger partial charge in [0.05, 0.1) is 6.04 Å². The van der Waals surface area contributed by atoms with Crippen LogP contribution in [0.15, 0.2) is 18.3 Å². The number of likely N-dealkylation sites (tertiary alicyclic amines) is 1. The van der Waals surface area contributed by atoms with Crippen LogP contribution < -0.4 is 4.90 Å². The van der Waals surface area contributed by atoms with Gasteiger partial charge in [0.25, 0.3) is 0 Å². The van der Waals surface area contributed by atoms with Gasteiger partial charge in [-0.3, -0.25) is 4.79 Å². The van der Waals surface area contributed by atoms with Gasteiger partial charge in [0.1, 0.15) is 5.82 Å². The second-order valence-electron chi connectivity index (χ2n) is 4.68. The van der Waals surface area contributed by atoms with Gasteiger partial charge in [-0.2, -0.15) is 0 Å².